The Morgan fingerprint density at radius 2 is 1.71 bits per heavy atom. The van der Waals surface area contributed by atoms with Gasteiger partial charge in [0.25, 0.3) is 11.8 Å². The Labute approximate surface area is 214 Å². The van der Waals surface area contributed by atoms with Crippen LogP contribution in [0.5, 0.6) is 0 Å². The minimum Gasteiger partial charge on any atom is -0.461 e. The summed E-state index contributed by atoms with van der Waals surface area (Å²) in [5.41, 5.74) is 4.21. The highest BCUT2D eigenvalue weighted by Gasteiger charge is 2.49. The van der Waals surface area contributed by atoms with Gasteiger partial charge in [-0.1, -0.05) is 6.07 Å². The number of aromatic nitrogens is 1. The largest absolute Gasteiger partial charge is 0.461 e. The molecule has 5 rings (SSSR count). The van der Waals surface area contributed by atoms with Gasteiger partial charge in [-0.15, -0.1) is 0 Å². The number of amides is 2. The Kier molecular flexibility index (Phi) is 6.27. The molecule has 0 unspecified atom stereocenters. The number of carbonyl (C=O) groups is 2. The molecular formula is C27H24F5N3O3. The molecule has 38 heavy (non-hydrogen) atoms. The molecule has 2 aromatic heterocycles. The number of piperidine rings is 1. The molecule has 1 aliphatic heterocycles. The fourth-order valence-electron chi connectivity index (χ4n) is 4.68. The van der Waals surface area contributed by atoms with Crippen molar-refractivity contribution in [1.82, 2.24) is 9.88 Å². The highest BCUT2D eigenvalue weighted by molar-refractivity contribution is 5.94. The summed E-state index contributed by atoms with van der Waals surface area (Å²) in [5, 5.41) is 0. The topological polar surface area (TPSA) is 89.4 Å². The molecule has 1 aliphatic carbocycles. The second-order valence-electron chi connectivity index (χ2n) is 9.93. The summed E-state index contributed by atoms with van der Waals surface area (Å²) < 4.78 is 74.5. The summed E-state index contributed by atoms with van der Waals surface area (Å²) in [7, 11) is 0. The first-order valence-electron chi connectivity index (χ1n) is 12.1. The van der Waals surface area contributed by atoms with E-state index in [1.807, 2.05) is 0 Å². The van der Waals surface area contributed by atoms with E-state index in [-0.39, 0.29) is 47.7 Å². The lowest BCUT2D eigenvalue weighted by atomic mass is 9.99. The number of benzene rings is 1. The van der Waals surface area contributed by atoms with Crippen molar-refractivity contribution < 1.29 is 36.0 Å². The summed E-state index contributed by atoms with van der Waals surface area (Å²) in [6, 6.07) is 9.54. The maximum absolute atomic E-state index is 14.0. The molecule has 1 aromatic carbocycles. The van der Waals surface area contributed by atoms with E-state index in [1.165, 1.54) is 41.4 Å². The van der Waals surface area contributed by atoms with Crippen molar-refractivity contribution in [2.45, 2.75) is 44.2 Å². The SMILES string of the molecule is NC(=O)C1(Cc2ccc(-c3ccc(-c4ccc(C(=O)N5CCC(F)(F)CC5)cn4)cc3C(F)(F)F)o2)CC1. The monoisotopic (exact) mass is 533 g/mol. The second-order valence-corrected chi connectivity index (χ2v) is 9.93. The maximum Gasteiger partial charge on any atom is 0.417 e. The van der Waals surface area contributed by atoms with Crippen molar-refractivity contribution in [2.75, 3.05) is 13.1 Å². The fraction of sp³-hybridized carbons (Fsp3) is 0.370. The van der Waals surface area contributed by atoms with E-state index in [1.54, 1.807) is 6.07 Å². The van der Waals surface area contributed by atoms with Gasteiger partial charge in [-0.25, -0.2) is 8.78 Å². The number of hydrogen-bond acceptors (Lipinski definition) is 4. The quantitative estimate of drug-likeness (QED) is 0.412. The van der Waals surface area contributed by atoms with Crippen LogP contribution in [0.1, 0.15) is 47.4 Å². The molecule has 3 aromatic rings. The molecule has 0 spiro atoms. The van der Waals surface area contributed by atoms with Crippen LogP contribution < -0.4 is 5.73 Å². The molecule has 2 fully saturated rings. The van der Waals surface area contributed by atoms with E-state index in [9.17, 15) is 31.5 Å². The van der Waals surface area contributed by atoms with Crippen molar-refractivity contribution in [1.29, 1.82) is 0 Å². The standard InChI is InChI=1S/C27H24F5N3O3/c28-26(29)9-11-35(12-10-26)23(36)17-2-5-21(34-15-17)16-1-4-19(20(13-16)27(30,31)32)22-6-3-18(38-22)14-25(7-8-25)24(33)37/h1-6,13,15H,7-12,14H2,(H2,33,37). The molecule has 2 amide bonds. The Morgan fingerprint density at radius 3 is 2.29 bits per heavy atom. The summed E-state index contributed by atoms with van der Waals surface area (Å²) in [6.45, 7) is -0.163. The van der Waals surface area contributed by atoms with Crippen molar-refractivity contribution in [3.05, 3.63) is 65.5 Å². The van der Waals surface area contributed by atoms with E-state index >= 15 is 0 Å². The molecule has 1 saturated carbocycles. The Bertz CT molecular complexity index is 1370. The number of alkyl halides is 5. The van der Waals surface area contributed by atoms with Gasteiger partial charge >= 0.3 is 6.18 Å². The highest BCUT2D eigenvalue weighted by atomic mass is 19.4. The van der Waals surface area contributed by atoms with E-state index in [0.717, 1.165) is 6.07 Å². The van der Waals surface area contributed by atoms with Gasteiger partial charge in [-0.3, -0.25) is 14.6 Å². The molecule has 1 saturated heterocycles. The number of nitrogens with two attached hydrogens (primary N) is 1. The number of hydrogen-bond donors (Lipinski definition) is 1. The van der Waals surface area contributed by atoms with Crippen LogP contribution >= 0.6 is 0 Å². The van der Waals surface area contributed by atoms with E-state index < -0.39 is 47.7 Å². The van der Waals surface area contributed by atoms with Crippen molar-refractivity contribution >= 4 is 11.8 Å². The number of primary amides is 1. The van der Waals surface area contributed by atoms with Gasteiger partial charge in [0.1, 0.15) is 11.5 Å². The Morgan fingerprint density at radius 1 is 1.00 bits per heavy atom. The van der Waals surface area contributed by atoms with E-state index in [4.69, 9.17) is 10.2 Å². The number of rotatable bonds is 6. The second kappa shape index (κ2) is 9.21. The molecule has 0 atom stereocenters. The zero-order valence-electron chi connectivity index (χ0n) is 20.2. The third-order valence-electron chi connectivity index (χ3n) is 7.23. The summed E-state index contributed by atoms with van der Waals surface area (Å²) >= 11 is 0. The van der Waals surface area contributed by atoms with Gasteiger partial charge < -0.3 is 15.1 Å². The Balaban J connectivity index is 1.37. The van der Waals surface area contributed by atoms with Crippen LogP contribution in [-0.4, -0.2) is 40.7 Å². The first kappa shape index (κ1) is 25.9. The van der Waals surface area contributed by atoms with Gasteiger partial charge in [0, 0.05) is 49.7 Å². The van der Waals surface area contributed by atoms with Crippen LogP contribution in [0.15, 0.2) is 53.1 Å². The predicted octanol–water partition coefficient (Wildman–Crippen LogP) is 5.71. The van der Waals surface area contributed by atoms with Crippen molar-refractivity contribution in [3.63, 3.8) is 0 Å². The van der Waals surface area contributed by atoms with E-state index in [0.29, 0.717) is 18.6 Å². The van der Waals surface area contributed by atoms with Crippen LogP contribution in [0, 0.1) is 5.41 Å². The molecule has 0 bridgehead atoms. The third kappa shape index (κ3) is 5.14. The lowest BCUT2D eigenvalue weighted by molar-refractivity contribution is -0.137. The molecule has 2 aliphatic rings. The van der Waals surface area contributed by atoms with E-state index in [2.05, 4.69) is 4.98 Å². The molecule has 11 heteroatoms. The third-order valence-corrected chi connectivity index (χ3v) is 7.23. The molecule has 200 valence electrons. The molecule has 3 heterocycles. The van der Waals surface area contributed by atoms with Crippen molar-refractivity contribution in [2.24, 2.45) is 11.1 Å². The van der Waals surface area contributed by atoms with Gasteiger partial charge in [-0.05, 0) is 49.2 Å². The predicted molar refractivity (Wildman–Crippen MR) is 127 cm³/mol. The maximum atomic E-state index is 14.0. The van der Waals surface area contributed by atoms with Crippen LogP contribution in [0.25, 0.3) is 22.6 Å². The smallest absolute Gasteiger partial charge is 0.417 e. The first-order valence-corrected chi connectivity index (χ1v) is 12.1. The first-order chi connectivity index (χ1) is 17.9. The fourth-order valence-corrected chi connectivity index (χ4v) is 4.68. The number of furan rings is 1. The minimum absolute atomic E-state index is 0.0140. The highest BCUT2D eigenvalue weighted by Crippen LogP contribution is 2.49. The summed E-state index contributed by atoms with van der Waals surface area (Å²) in [6.07, 6.45) is -2.83. The molecular weight excluding hydrogens is 509 g/mol. The average Bonchev–Trinajstić information content (AvgIpc) is 3.52. The lowest BCUT2D eigenvalue weighted by Crippen LogP contribution is -2.42. The van der Waals surface area contributed by atoms with Gasteiger partial charge in [0.05, 0.1) is 22.2 Å². The van der Waals surface area contributed by atoms with Gasteiger partial charge in [-0.2, -0.15) is 13.2 Å². The van der Waals surface area contributed by atoms with Gasteiger partial charge in [0.15, 0.2) is 0 Å². The van der Waals surface area contributed by atoms with Crippen LogP contribution in [0.2, 0.25) is 0 Å². The number of pyridine rings is 1. The molecule has 6 nitrogen and oxygen atoms in total. The van der Waals surface area contributed by atoms with Crippen LogP contribution in [0.3, 0.4) is 0 Å². The Hall–Kier alpha value is -3.76. The van der Waals surface area contributed by atoms with Gasteiger partial charge in [0.2, 0.25) is 5.91 Å². The van der Waals surface area contributed by atoms with Crippen LogP contribution in [-0.2, 0) is 17.4 Å². The average molecular weight is 533 g/mol. The zero-order valence-corrected chi connectivity index (χ0v) is 20.2. The number of likely N-dealkylation sites (tertiary alicyclic amines) is 1. The van der Waals surface area contributed by atoms with Crippen LogP contribution in [0.4, 0.5) is 22.0 Å². The number of carbonyl (C=O) groups excluding carboxylic acids is 2. The molecule has 0 radical (unpaired) electrons. The number of halogens is 5. The summed E-state index contributed by atoms with van der Waals surface area (Å²) in [5.74, 6) is -3.30. The normalized spacial score (nSPS) is 18.3. The van der Waals surface area contributed by atoms with Crippen molar-refractivity contribution in [3.8, 4) is 22.6 Å². The zero-order chi connectivity index (χ0) is 27.3. The lowest BCUT2D eigenvalue weighted by Gasteiger charge is -2.31. The summed E-state index contributed by atoms with van der Waals surface area (Å²) in [4.78, 5) is 29.8. The number of nitrogens with zero attached hydrogens (tertiary/aromatic N) is 2. The molecule has 2 N–H and O–H groups in total. The minimum atomic E-state index is -4.70.